The molecule has 0 saturated heterocycles. The van der Waals surface area contributed by atoms with Gasteiger partial charge in [-0.3, -0.25) is 0 Å². The molecule has 2 amide bonds. The molecule has 110 valence electrons. The van der Waals surface area contributed by atoms with E-state index in [1.807, 2.05) is 0 Å². The molecule has 1 aromatic heterocycles. The van der Waals surface area contributed by atoms with Gasteiger partial charge >= 0.3 is 12.6 Å². The molecule has 0 bridgehead atoms. The van der Waals surface area contributed by atoms with Crippen molar-refractivity contribution in [1.82, 2.24) is 15.6 Å². The molecule has 5 nitrogen and oxygen atoms in total. The van der Waals surface area contributed by atoms with Crippen molar-refractivity contribution in [3.05, 3.63) is 23.9 Å². The van der Waals surface area contributed by atoms with Gasteiger partial charge in [0, 0.05) is 24.8 Å². The van der Waals surface area contributed by atoms with Gasteiger partial charge in [0.05, 0.1) is 0 Å². The fraction of sp³-hybridized carbons (Fsp3) is 0.500. The Hall–Kier alpha value is -1.99. The third-order valence-corrected chi connectivity index (χ3v) is 2.88. The molecular weight excluding hydrogens is 275 g/mol. The topological polar surface area (TPSA) is 63.2 Å². The van der Waals surface area contributed by atoms with Gasteiger partial charge in [-0.1, -0.05) is 0 Å². The van der Waals surface area contributed by atoms with E-state index in [0.29, 0.717) is 18.4 Å². The number of hydrogen-bond acceptors (Lipinski definition) is 3. The van der Waals surface area contributed by atoms with Crippen LogP contribution in [0.1, 0.15) is 18.4 Å². The molecule has 0 aliphatic heterocycles. The quantitative estimate of drug-likeness (QED) is 0.871. The van der Waals surface area contributed by atoms with Crippen LogP contribution in [0, 0.1) is 0 Å². The number of ether oxygens (including phenoxy) is 1. The van der Waals surface area contributed by atoms with Gasteiger partial charge in [0.2, 0.25) is 5.88 Å². The molecule has 2 N–H and O–H groups in total. The SMILES string of the molecule is O=C(NCc1ccnc(OC(F)F)c1)N[C@H]1C[C@H](F)C1. The summed E-state index contributed by atoms with van der Waals surface area (Å²) in [6, 6.07) is 2.32. The van der Waals surface area contributed by atoms with Gasteiger partial charge in [-0.15, -0.1) is 0 Å². The van der Waals surface area contributed by atoms with Crippen LogP contribution in [0.2, 0.25) is 0 Å². The molecule has 0 unspecified atom stereocenters. The summed E-state index contributed by atoms with van der Waals surface area (Å²) in [5.41, 5.74) is 0.572. The van der Waals surface area contributed by atoms with Crippen LogP contribution >= 0.6 is 0 Å². The summed E-state index contributed by atoms with van der Waals surface area (Å²) in [6.07, 6.45) is 1.13. The molecule has 1 aliphatic carbocycles. The minimum absolute atomic E-state index is 0.139. The number of nitrogens with zero attached hydrogens (tertiary/aromatic N) is 1. The molecule has 0 aromatic carbocycles. The molecule has 1 heterocycles. The maximum atomic E-state index is 12.6. The number of pyridine rings is 1. The molecule has 8 heteroatoms. The Kier molecular flexibility index (Phi) is 4.65. The van der Waals surface area contributed by atoms with Crippen molar-refractivity contribution in [2.75, 3.05) is 0 Å². The van der Waals surface area contributed by atoms with Crippen molar-refractivity contribution in [2.45, 2.75) is 38.2 Å². The molecule has 0 atom stereocenters. The molecule has 1 aliphatic rings. The number of carbonyl (C=O) groups excluding carboxylic acids is 1. The van der Waals surface area contributed by atoms with E-state index in [2.05, 4.69) is 20.4 Å². The Bertz CT molecular complexity index is 467. The van der Waals surface area contributed by atoms with Crippen LogP contribution in [0.4, 0.5) is 18.0 Å². The van der Waals surface area contributed by atoms with E-state index in [4.69, 9.17) is 0 Å². The molecule has 1 fully saturated rings. The highest BCUT2D eigenvalue weighted by Crippen LogP contribution is 2.22. The third-order valence-electron chi connectivity index (χ3n) is 2.88. The van der Waals surface area contributed by atoms with E-state index in [1.165, 1.54) is 12.3 Å². The lowest BCUT2D eigenvalue weighted by atomic mass is 9.91. The summed E-state index contributed by atoms with van der Waals surface area (Å²) >= 11 is 0. The van der Waals surface area contributed by atoms with Crippen LogP contribution in [0.15, 0.2) is 18.3 Å². The summed E-state index contributed by atoms with van der Waals surface area (Å²) in [5.74, 6) is -0.209. The third kappa shape index (κ3) is 4.29. The molecule has 20 heavy (non-hydrogen) atoms. The number of rotatable bonds is 5. The van der Waals surface area contributed by atoms with Crippen molar-refractivity contribution >= 4 is 6.03 Å². The highest BCUT2D eigenvalue weighted by atomic mass is 19.3. The number of alkyl halides is 3. The predicted octanol–water partition coefficient (Wildman–Crippen LogP) is 1.98. The smallest absolute Gasteiger partial charge is 0.388 e. The largest absolute Gasteiger partial charge is 0.417 e. The standard InChI is InChI=1S/C12H14F3N3O2/c13-8-4-9(5-8)18-12(19)17-6-7-1-2-16-10(3-7)20-11(14)15/h1-3,8-9,11H,4-6H2,(H2,17,18,19)/t8-,9-. The predicted molar refractivity (Wildman–Crippen MR) is 64.2 cm³/mol. The van der Waals surface area contributed by atoms with Gasteiger partial charge in [0.1, 0.15) is 6.17 Å². The van der Waals surface area contributed by atoms with Crippen LogP contribution in [0.5, 0.6) is 5.88 Å². The first-order valence-corrected chi connectivity index (χ1v) is 6.11. The molecule has 0 spiro atoms. The van der Waals surface area contributed by atoms with E-state index in [1.54, 1.807) is 6.07 Å². The van der Waals surface area contributed by atoms with Gasteiger partial charge in [-0.25, -0.2) is 14.2 Å². The molecule has 1 aromatic rings. The number of hydrogen-bond donors (Lipinski definition) is 2. The maximum Gasteiger partial charge on any atom is 0.388 e. The summed E-state index contributed by atoms with van der Waals surface area (Å²) in [4.78, 5) is 15.1. The Morgan fingerprint density at radius 2 is 2.25 bits per heavy atom. The zero-order valence-electron chi connectivity index (χ0n) is 10.5. The van der Waals surface area contributed by atoms with E-state index in [-0.39, 0.29) is 18.5 Å². The van der Waals surface area contributed by atoms with Crippen LogP contribution < -0.4 is 15.4 Å². The van der Waals surface area contributed by atoms with E-state index in [0.717, 1.165) is 0 Å². The number of carbonyl (C=O) groups is 1. The van der Waals surface area contributed by atoms with Crippen LogP contribution in [-0.2, 0) is 6.54 Å². The normalized spacial score (nSPS) is 21.2. The maximum absolute atomic E-state index is 12.6. The summed E-state index contributed by atoms with van der Waals surface area (Å²) in [7, 11) is 0. The highest BCUT2D eigenvalue weighted by molar-refractivity contribution is 5.74. The van der Waals surface area contributed by atoms with Gasteiger partial charge in [0.15, 0.2) is 0 Å². The van der Waals surface area contributed by atoms with Crippen molar-refractivity contribution < 1.29 is 22.7 Å². The first-order chi connectivity index (χ1) is 9.52. The molecule has 2 rings (SSSR count). The molecule has 0 radical (unpaired) electrons. The monoisotopic (exact) mass is 289 g/mol. The van der Waals surface area contributed by atoms with E-state index < -0.39 is 18.8 Å². The Morgan fingerprint density at radius 1 is 1.50 bits per heavy atom. The number of halogens is 3. The van der Waals surface area contributed by atoms with Crippen molar-refractivity contribution in [2.24, 2.45) is 0 Å². The van der Waals surface area contributed by atoms with Gasteiger partial charge < -0.3 is 15.4 Å². The van der Waals surface area contributed by atoms with Gasteiger partial charge in [0.25, 0.3) is 0 Å². The minimum atomic E-state index is -2.94. The average Bonchev–Trinajstić information content (AvgIpc) is 2.34. The van der Waals surface area contributed by atoms with E-state index in [9.17, 15) is 18.0 Å². The summed E-state index contributed by atoms with van der Waals surface area (Å²) < 4.78 is 40.7. The van der Waals surface area contributed by atoms with Crippen LogP contribution in [0.25, 0.3) is 0 Å². The highest BCUT2D eigenvalue weighted by Gasteiger charge is 2.29. The van der Waals surface area contributed by atoms with Gasteiger partial charge in [-0.2, -0.15) is 8.78 Å². The molecular formula is C12H14F3N3O2. The Labute approximate surface area is 113 Å². The fourth-order valence-electron chi connectivity index (χ4n) is 1.80. The molecule has 1 saturated carbocycles. The lowest BCUT2D eigenvalue weighted by molar-refractivity contribution is -0.0529. The van der Waals surface area contributed by atoms with Crippen LogP contribution in [-0.4, -0.2) is 29.8 Å². The van der Waals surface area contributed by atoms with Gasteiger partial charge in [-0.05, 0) is 24.5 Å². The summed E-state index contributed by atoms with van der Waals surface area (Å²) in [5, 5.41) is 5.16. The Balaban J connectivity index is 1.76. The second-order valence-electron chi connectivity index (χ2n) is 4.47. The zero-order valence-corrected chi connectivity index (χ0v) is 10.5. The van der Waals surface area contributed by atoms with Crippen molar-refractivity contribution in [1.29, 1.82) is 0 Å². The second kappa shape index (κ2) is 6.44. The first-order valence-electron chi connectivity index (χ1n) is 6.11. The number of nitrogens with one attached hydrogen (secondary N) is 2. The van der Waals surface area contributed by atoms with Crippen molar-refractivity contribution in [3.63, 3.8) is 0 Å². The number of amides is 2. The first kappa shape index (κ1) is 14.4. The summed E-state index contributed by atoms with van der Waals surface area (Å²) in [6.45, 7) is -2.80. The minimum Gasteiger partial charge on any atom is -0.417 e. The average molecular weight is 289 g/mol. The fourth-order valence-corrected chi connectivity index (χ4v) is 1.80. The number of aromatic nitrogens is 1. The van der Waals surface area contributed by atoms with E-state index >= 15 is 0 Å². The van der Waals surface area contributed by atoms with Crippen molar-refractivity contribution in [3.8, 4) is 5.88 Å². The number of urea groups is 1. The van der Waals surface area contributed by atoms with Crippen LogP contribution in [0.3, 0.4) is 0 Å². The lowest BCUT2D eigenvalue weighted by Crippen LogP contribution is -2.48. The zero-order chi connectivity index (χ0) is 14.5. The lowest BCUT2D eigenvalue weighted by Gasteiger charge is -2.30. The second-order valence-corrected chi connectivity index (χ2v) is 4.47. The Morgan fingerprint density at radius 3 is 2.90 bits per heavy atom.